The summed E-state index contributed by atoms with van der Waals surface area (Å²) in [7, 11) is 2.95. The molecule has 0 radical (unpaired) electrons. The number of benzene rings is 3. The van der Waals surface area contributed by atoms with Crippen molar-refractivity contribution in [3.05, 3.63) is 101 Å². The van der Waals surface area contributed by atoms with Crippen molar-refractivity contribution < 1.29 is 23.9 Å². The number of nitrogens with zero attached hydrogens (tertiary/aromatic N) is 2. The van der Waals surface area contributed by atoms with E-state index in [4.69, 9.17) is 11.5 Å². The van der Waals surface area contributed by atoms with Crippen LogP contribution >= 0.6 is 0 Å². The molecular weight excluding hydrogens is 487 g/mol. The first kappa shape index (κ1) is 28.3. The van der Waals surface area contributed by atoms with Crippen LogP contribution in [-0.4, -0.2) is 58.8 Å². The highest BCUT2D eigenvalue weighted by Crippen LogP contribution is 2.25. The average molecular weight is 521 g/mol. The quantitative estimate of drug-likeness (QED) is 0.378. The van der Waals surface area contributed by atoms with Gasteiger partial charge in [-0.25, -0.2) is 4.39 Å². The Morgan fingerprint density at radius 2 is 1.47 bits per heavy atom. The lowest BCUT2D eigenvalue weighted by Gasteiger charge is -2.35. The third kappa shape index (κ3) is 6.74. The maximum atomic E-state index is 13.9. The minimum absolute atomic E-state index is 0.120. The summed E-state index contributed by atoms with van der Waals surface area (Å²) in [4.78, 5) is 42.2. The lowest BCUT2D eigenvalue weighted by atomic mass is 9.98. The second kappa shape index (κ2) is 12.3. The van der Waals surface area contributed by atoms with Gasteiger partial charge < -0.3 is 26.4 Å². The number of phenols is 1. The van der Waals surface area contributed by atoms with E-state index in [1.54, 1.807) is 61.5 Å². The molecule has 0 spiro atoms. The maximum absolute atomic E-state index is 13.9. The second-order valence-corrected chi connectivity index (χ2v) is 9.39. The number of carbonyl (C=O) groups is 3. The summed E-state index contributed by atoms with van der Waals surface area (Å²) in [6.45, 7) is 1.73. The molecule has 0 aliphatic rings. The van der Waals surface area contributed by atoms with Gasteiger partial charge in [0.05, 0.1) is 6.04 Å². The van der Waals surface area contributed by atoms with Crippen LogP contribution in [0.3, 0.4) is 0 Å². The zero-order chi connectivity index (χ0) is 28.0. The first-order chi connectivity index (χ1) is 18.0. The van der Waals surface area contributed by atoms with Gasteiger partial charge in [0.15, 0.2) is 0 Å². The monoisotopic (exact) mass is 520 g/mol. The summed E-state index contributed by atoms with van der Waals surface area (Å²) >= 11 is 0. The van der Waals surface area contributed by atoms with Gasteiger partial charge in [-0.3, -0.25) is 14.4 Å². The molecule has 3 atom stereocenters. The van der Waals surface area contributed by atoms with E-state index < -0.39 is 41.7 Å². The molecular formula is C29H33FN4O4. The number of halogens is 1. The summed E-state index contributed by atoms with van der Waals surface area (Å²) in [5.41, 5.74) is 14.5. The Morgan fingerprint density at radius 3 is 2.05 bits per heavy atom. The molecule has 0 heterocycles. The smallest absolute Gasteiger partial charge is 0.250 e. The number of carbonyl (C=O) groups excluding carboxylic acids is 3. The van der Waals surface area contributed by atoms with Crippen LogP contribution in [0.1, 0.15) is 28.3 Å². The molecule has 3 aromatic carbocycles. The third-order valence-electron chi connectivity index (χ3n) is 6.60. The molecule has 0 unspecified atom stereocenters. The molecule has 0 aliphatic carbocycles. The van der Waals surface area contributed by atoms with Gasteiger partial charge in [0.2, 0.25) is 17.7 Å². The molecule has 0 saturated heterocycles. The van der Waals surface area contributed by atoms with Gasteiger partial charge in [-0.15, -0.1) is 0 Å². The molecule has 3 amide bonds. The fourth-order valence-corrected chi connectivity index (χ4v) is 4.36. The number of amides is 3. The number of aromatic hydroxyl groups is 1. The molecule has 9 heteroatoms. The largest absolute Gasteiger partial charge is 0.508 e. The number of primary amides is 1. The van der Waals surface area contributed by atoms with Gasteiger partial charge in [-0.05, 0) is 53.8 Å². The van der Waals surface area contributed by atoms with Crippen molar-refractivity contribution >= 4 is 17.7 Å². The van der Waals surface area contributed by atoms with E-state index >= 15 is 0 Å². The van der Waals surface area contributed by atoms with Crippen LogP contribution in [0.25, 0.3) is 0 Å². The van der Waals surface area contributed by atoms with Crippen molar-refractivity contribution in [2.24, 2.45) is 11.5 Å². The van der Waals surface area contributed by atoms with Crippen molar-refractivity contribution in [1.29, 1.82) is 0 Å². The van der Waals surface area contributed by atoms with Gasteiger partial charge in [0.1, 0.15) is 23.7 Å². The Kier molecular flexibility index (Phi) is 9.20. The predicted molar refractivity (Wildman–Crippen MR) is 142 cm³/mol. The molecule has 0 aliphatic heterocycles. The van der Waals surface area contributed by atoms with Crippen LogP contribution in [-0.2, 0) is 27.2 Å². The summed E-state index contributed by atoms with van der Waals surface area (Å²) in [6, 6.07) is 16.3. The standard InChI is InChI=1S/C29H33FN4O4/c1-18-15-20(11-14-25(18)35)17-24(27(32)36)33(2)29(38)26(21-7-5-4-6-8-21)34(3)28(37)23(31)16-19-9-12-22(30)13-10-19/h4-15,23-24,26,35H,16-17,31H2,1-3H3,(H2,32,36)/t23-,24-,26-/m0/s1. The Bertz CT molecular complexity index is 1280. The minimum atomic E-state index is -1.07. The van der Waals surface area contributed by atoms with Crippen molar-refractivity contribution in [3.63, 3.8) is 0 Å². The Morgan fingerprint density at radius 1 is 0.868 bits per heavy atom. The van der Waals surface area contributed by atoms with Crippen molar-refractivity contribution in [2.45, 2.75) is 37.9 Å². The number of hydrogen-bond acceptors (Lipinski definition) is 5. The fourth-order valence-electron chi connectivity index (χ4n) is 4.36. The number of likely N-dealkylation sites (N-methyl/N-ethyl adjacent to an activating group) is 2. The van der Waals surface area contributed by atoms with E-state index in [1.807, 2.05) is 0 Å². The summed E-state index contributed by atoms with van der Waals surface area (Å²) in [6.07, 6.45) is 0.279. The molecule has 5 N–H and O–H groups in total. The number of hydrogen-bond donors (Lipinski definition) is 3. The van der Waals surface area contributed by atoms with Crippen LogP contribution < -0.4 is 11.5 Å². The lowest BCUT2D eigenvalue weighted by Crippen LogP contribution is -2.53. The van der Waals surface area contributed by atoms with E-state index in [0.717, 1.165) is 0 Å². The van der Waals surface area contributed by atoms with Gasteiger partial charge in [0, 0.05) is 20.5 Å². The second-order valence-electron chi connectivity index (χ2n) is 9.39. The molecule has 38 heavy (non-hydrogen) atoms. The van der Waals surface area contributed by atoms with Crippen molar-refractivity contribution in [2.75, 3.05) is 14.1 Å². The maximum Gasteiger partial charge on any atom is 0.250 e. The molecule has 0 bridgehead atoms. The Labute approximate surface area is 221 Å². The first-order valence-electron chi connectivity index (χ1n) is 12.2. The van der Waals surface area contributed by atoms with Crippen LogP contribution in [0, 0.1) is 12.7 Å². The van der Waals surface area contributed by atoms with Gasteiger partial charge in [0.25, 0.3) is 0 Å². The number of rotatable bonds is 10. The molecule has 8 nitrogen and oxygen atoms in total. The highest BCUT2D eigenvalue weighted by molar-refractivity contribution is 5.93. The van der Waals surface area contributed by atoms with Gasteiger partial charge in [-0.1, -0.05) is 54.6 Å². The van der Waals surface area contributed by atoms with E-state index in [9.17, 15) is 23.9 Å². The van der Waals surface area contributed by atoms with Crippen LogP contribution in [0.15, 0.2) is 72.8 Å². The number of aryl methyl sites for hydroxylation is 1. The van der Waals surface area contributed by atoms with E-state index in [0.29, 0.717) is 22.3 Å². The van der Waals surface area contributed by atoms with Crippen LogP contribution in [0.5, 0.6) is 5.75 Å². The Hall–Kier alpha value is -4.24. The lowest BCUT2D eigenvalue weighted by molar-refractivity contribution is -0.147. The SMILES string of the molecule is Cc1cc(C[C@@H](C(N)=O)N(C)C(=O)[C@H](c2ccccc2)N(C)C(=O)[C@@H](N)Cc2ccc(F)cc2)ccc1O. The fraction of sp³-hybridized carbons (Fsp3) is 0.276. The van der Waals surface area contributed by atoms with Crippen molar-refractivity contribution in [3.8, 4) is 5.75 Å². The van der Waals surface area contributed by atoms with Crippen molar-refractivity contribution in [1.82, 2.24) is 9.80 Å². The highest BCUT2D eigenvalue weighted by Gasteiger charge is 2.36. The molecule has 0 fully saturated rings. The zero-order valence-electron chi connectivity index (χ0n) is 21.7. The first-order valence-corrected chi connectivity index (χ1v) is 12.2. The molecule has 0 aromatic heterocycles. The van der Waals surface area contributed by atoms with E-state index in [1.165, 1.54) is 42.1 Å². The average Bonchev–Trinajstić information content (AvgIpc) is 2.90. The Balaban J connectivity index is 1.88. The van der Waals surface area contributed by atoms with Crippen LogP contribution in [0.4, 0.5) is 4.39 Å². The zero-order valence-corrected chi connectivity index (χ0v) is 21.7. The highest BCUT2D eigenvalue weighted by atomic mass is 19.1. The summed E-state index contributed by atoms with van der Waals surface area (Å²) in [5, 5.41) is 9.83. The van der Waals surface area contributed by atoms with E-state index in [-0.39, 0.29) is 18.6 Å². The van der Waals surface area contributed by atoms with Gasteiger partial charge >= 0.3 is 0 Å². The number of phenolic OH excluding ortho intramolecular Hbond substituents is 1. The summed E-state index contributed by atoms with van der Waals surface area (Å²) < 4.78 is 13.3. The predicted octanol–water partition coefficient (Wildman–Crippen LogP) is 2.46. The minimum Gasteiger partial charge on any atom is -0.508 e. The number of nitrogens with two attached hydrogens (primary N) is 2. The molecule has 3 aromatic rings. The molecule has 0 saturated carbocycles. The third-order valence-corrected chi connectivity index (χ3v) is 6.60. The van der Waals surface area contributed by atoms with E-state index in [2.05, 4.69) is 0 Å². The summed E-state index contributed by atoms with van der Waals surface area (Å²) in [5.74, 6) is -1.99. The topological polar surface area (TPSA) is 130 Å². The van der Waals surface area contributed by atoms with Crippen LogP contribution in [0.2, 0.25) is 0 Å². The van der Waals surface area contributed by atoms with Gasteiger partial charge in [-0.2, -0.15) is 0 Å². The normalized spacial score (nSPS) is 13.3. The molecule has 200 valence electrons. The molecule has 3 rings (SSSR count).